The molecule has 0 aliphatic carbocycles. The van der Waals surface area contributed by atoms with Gasteiger partial charge in [0.2, 0.25) is 0 Å². The number of ether oxygens (including phenoxy) is 1. The summed E-state index contributed by atoms with van der Waals surface area (Å²) in [6.07, 6.45) is 0. The number of benzene rings is 2. The smallest absolute Gasteiger partial charge is 0.163 e. The topological polar surface area (TPSA) is 74.6 Å². The van der Waals surface area contributed by atoms with Gasteiger partial charge in [0.25, 0.3) is 0 Å². The highest BCUT2D eigenvalue weighted by Crippen LogP contribution is 2.22. The van der Waals surface area contributed by atoms with Gasteiger partial charge in [0.15, 0.2) is 5.69 Å². The summed E-state index contributed by atoms with van der Waals surface area (Å²) in [5, 5.41) is 19.8. The second-order valence-electron chi connectivity index (χ2n) is 4.59. The molecule has 3 rings (SSSR count). The van der Waals surface area contributed by atoms with E-state index >= 15 is 0 Å². The van der Waals surface area contributed by atoms with E-state index < -0.39 is 0 Å². The number of hydrogen-bond acceptors (Lipinski definition) is 4. The van der Waals surface area contributed by atoms with E-state index in [4.69, 9.17) is 21.6 Å². The summed E-state index contributed by atoms with van der Waals surface area (Å²) in [5.74, 6) is 0.706. The van der Waals surface area contributed by atoms with Gasteiger partial charge in [0.1, 0.15) is 24.1 Å². The molecule has 0 aliphatic rings. The maximum atomic E-state index is 9.02. The first kappa shape index (κ1) is 14.1. The predicted molar refractivity (Wildman–Crippen MR) is 82.3 cm³/mol. The van der Waals surface area contributed by atoms with Gasteiger partial charge in [-0.2, -0.15) is 5.26 Å². The fourth-order valence-corrected chi connectivity index (χ4v) is 2.22. The Morgan fingerprint density at radius 2 is 2.05 bits per heavy atom. The van der Waals surface area contributed by atoms with Crippen molar-refractivity contribution in [3.05, 3.63) is 64.8 Å². The summed E-state index contributed by atoms with van der Waals surface area (Å²) >= 11 is 5.92. The van der Waals surface area contributed by atoms with Gasteiger partial charge >= 0.3 is 0 Å². The highest BCUT2D eigenvalue weighted by Gasteiger charge is 2.09. The van der Waals surface area contributed by atoms with Crippen molar-refractivity contribution in [2.45, 2.75) is 6.61 Å². The van der Waals surface area contributed by atoms with Gasteiger partial charge in [-0.15, -0.1) is 5.10 Å². The summed E-state index contributed by atoms with van der Waals surface area (Å²) < 4.78 is 5.71. The molecule has 0 fully saturated rings. The van der Waals surface area contributed by atoms with Crippen LogP contribution in [0.3, 0.4) is 0 Å². The van der Waals surface area contributed by atoms with Gasteiger partial charge in [-0.3, -0.25) is 0 Å². The van der Waals surface area contributed by atoms with E-state index in [1.165, 1.54) is 0 Å². The summed E-state index contributed by atoms with van der Waals surface area (Å²) in [6.45, 7) is 0.397. The zero-order valence-electron chi connectivity index (χ0n) is 11.5. The summed E-state index contributed by atoms with van der Waals surface area (Å²) in [4.78, 5) is 0. The fourth-order valence-electron chi connectivity index (χ4n) is 2.04. The van der Waals surface area contributed by atoms with Crippen LogP contribution in [0.4, 0.5) is 0 Å². The minimum absolute atomic E-state index is 0.341. The van der Waals surface area contributed by atoms with Crippen LogP contribution in [0.25, 0.3) is 11.3 Å². The summed E-state index contributed by atoms with van der Waals surface area (Å²) in [6, 6.07) is 16.9. The van der Waals surface area contributed by atoms with Gasteiger partial charge in [-0.05, 0) is 29.8 Å². The lowest BCUT2D eigenvalue weighted by molar-refractivity contribution is 0.306. The monoisotopic (exact) mass is 310 g/mol. The van der Waals surface area contributed by atoms with Crippen molar-refractivity contribution in [2.75, 3.05) is 0 Å². The van der Waals surface area contributed by atoms with E-state index in [0.29, 0.717) is 28.8 Å². The van der Waals surface area contributed by atoms with E-state index in [9.17, 15) is 0 Å². The second kappa shape index (κ2) is 6.29. The molecule has 0 amide bonds. The standard InChI is InChI=1S/C16H11ClN4O/c17-13-5-2-6-14(8-13)22-10-11-3-1-4-12(7-11)16-15(9-18)19-21-20-16/h1-8H,10H2,(H,19,20,21). The van der Waals surface area contributed by atoms with Crippen molar-refractivity contribution in [1.82, 2.24) is 15.4 Å². The van der Waals surface area contributed by atoms with Crippen LogP contribution in [0.15, 0.2) is 48.5 Å². The third-order valence-electron chi connectivity index (χ3n) is 3.06. The van der Waals surface area contributed by atoms with Crippen LogP contribution in [0.1, 0.15) is 11.3 Å². The Morgan fingerprint density at radius 3 is 2.86 bits per heavy atom. The number of H-pyrrole nitrogens is 1. The van der Waals surface area contributed by atoms with Crippen LogP contribution in [-0.4, -0.2) is 15.4 Å². The van der Waals surface area contributed by atoms with Crippen molar-refractivity contribution < 1.29 is 4.74 Å². The molecule has 0 aliphatic heterocycles. The number of rotatable bonds is 4. The number of hydrogen-bond donors (Lipinski definition) is 1. The molecular weight excluding hydrogens is 300 g/mol. The Balaban J connectivity index is 1.79. The molecule has 0 saturated heterocycles. The Hall–Kier alpha value is -2.84. The minimum Gasteiger partial charge on any atom is -0.489 e. The molecule has 1 aromatic heterocycles. The highest BCUT2D eigenvalue weighted by molar-refractivity contribution is 6.30. The van der Waals surface area contributed by atoms with Crippen molar-refractivity contribution >= 4 is 11.6 Å². The molecule has 2 aromatic carbocycles. The largest absolute Gasteiger partial charge is 0.489 e. The normalized spacial score (nSPS) is 10.2. The summed E-state index contributed by atoms with van der Waals surface area (Å²) in [7, 11) is 0. The lowest BCUT2D eigenvalue weighted by atomic mass is 10.1. The number of nitriles is 1. The molecule has 0 spiro atoms. The van der Waals surface area contributed by atoms with E-state index in [2.05, 4.69) is 15.4 Å². The summed E-state index contributed by atoms with van der Waals surface area (Å²) in [5.41, 5.74) is 2.65. The lowest BCUT2D eigenvalue weighted by Gasteiger charge is -2.07. The average molecular weight is 311 g/mol. The van der Waals surface area contributed by atoms with Crippen LogP contribution >= 0.6 is 11.6 Å². The van der Waals surface area contributed by atoms with Crippen molar-refractivity contribution in [3.63, 3.8) is 0 Å². The molecule has 0 saturated carbocycles. The average Bonchev–Trinajstić information content (AvgIpc) is 3.02. The van der Waals surface area contributed by atoms with E-state index in [1.807, 2.05) is 42.5 Å². The first-order valence-corrected chi connectivity index (χ1v) is 6.93. The van der Waals surface area contributed by atoms with Crippen molar-refractivity contribution in [2.24, 2.45) is 0 Å². The molecule has 3 aromatic rings. The van der Waals surface area contributed by atoms with E-state index in [-0.39, 0.29) is 0 Å². The fraction of sp³-hybridized carbons (Fsp3) is 0.0625. The SMILES string of the molecule is N#Cc1[nH]nnc1-c1cccc(COc2cccc(Cl)c2)c1. The number of nitrogens with zero attached hydrogens (tertiary/aromatic N) is 3. The van der Waals surface area contributed by atoms with Crippen LogP contribution in [-0.2, 0) is 6.61 Å². The third-order valence-corrected chi connectivity index (χ3v) is 3.30. The van der Waals surface area contributed by atoms with Gasteiger partial charge in [-0.25, -0.2) is 5.10 Å². The molecule has 1 heterocycles. The third kappa shape index (κ3) is 3.08. The molecule has 0 atom stereocenters. The number of halogens is 1. The highest BCUT2D eigenvalue weighted by atomic mass is 35.5. The molecule has 0 radical (unpaired) electrons. The van der Waals surface area contributed by atoms with Crippen LogP contribution < -0.4 is 4.74 Å². The maximum absolute atomic E-state index is 9.02. The maximum Gasteiger partial charge on any atom is 0.163 e. The van der Waals surface area contributed by atoms with E-state index in [1.54, 1.807) is 12.1 Å². The molecule has 108 valence electrons. The quantitative estimate of drug-likeness (QED) is 0.799. The first-order chi connectivity index (χ1) is 10.8. The van der Waals surface area contributed by atoms with Crippen molar-refractivity contribution in [1.29, 1.82) is 5.26 Å². The predicted octanol–water partition coefficient (Wildman–Crippen LogP) is 3.58. The van der Waals surface area contributed by atoms with Crippen LogP contribution in [0.2, 0.25) is 5.02 Å². The van der Waals surface area contributed by atoms with Crippen LogP contribution in [0.5, 0.6) is 5.75 Å². The van der Waals surface area contributed by atoms with Crippen molar-refractivity contribution in [3.8, 4) is 23.1 Å². The zero-order chi connectivity index (χ0) is 15.4. The Bertz CT molecular complexity index is 838. The second-order valence-corrected chi connectivity index (χ2v) is 5.03. The molecule has 6 heteroatoms. The molecule has 0 bridgehead atoms. The lowest BCUT2D eigenvalue weighted by Crippen LogP contribution is -1.96. The molecular formula is C16H11ClN4O. The van der Waals surface area contributed by atoms with E-state index in [0.717, 1.165) is 11.1 Å². The van der Waals surface area contributed by atoms with Gasteiger partial charge in [0, 0.05) is 10.6 Å². The molecule has 22 heavy (non-hydrogen) atoms. The number of aromatic amines is 1. The molecule has 5 nitrogen and oxygen atoms in total. The molecule has 1 N–H and O–H groups in total. The Labute approximate surface area is 132 Å². The molecule has 0 unspecified atom stereocenters. The number of nitrogens with one attached hydrogen (secondary N) is 1. The Morgan fingerprint density at radius 1 is 1.18 bits per heavy atom. The van der Waals surface area contributed by atoms with Gasteiger partial charge < -0.3 is 4.74 Å². The first-order valence-electron chi connectivity index (χ1n) is 6.55. The number of aromatic nitrogens is 3. The van der Waals surface area contributed by atoms with Crippen LogP contribution in [0, 0.1) is 11.3 Å². The zero-order valence-corrected chi connectivity index (χ0v) is 12.2. The van der Waals surface area contributed by atoms with Gasteiger partial charge in [0.05, 0.1) is 0 Å². The minimum atomic E-state index is 0.341. The Kier molecular flexibility index (Phi) is 4.03. The van der Waals surface area contributed by atoms with Gasteiger partial charge in [-0.1, -0.05) is 41.1 Å².